The van der Waals surface area contributed by atoms with E-state index in [0.717, 1.165) is 5.56 Å². The predicted octanol–water partition coefficient (Wildman–Crippen LogP) is 2.11. The summed E-state index contributed by atoms with van der Waals surface area (Å²) in [4.78, 5) is 24.5. The molecule has 21 heavy (non-hydrogen) atoms. The number of amides is 1. The Morgan fingerprint density at radius 3 is 2.38 bits per heavy atom. The molecule has 0 bridgehead atoms. The van der Waals surface area contributed by atoms with Gasteiger partial charge in [-0.25, -0.2) is 0 Å². The van der Waals surface area contributed by atoms with Crippen LogP contribution < -0.4 is 16.6 Å². The summed E-state index contributed by atoms with van der Waals surface area (Å²) in [7, 11) is 0. The van der Waals surface area contributed by atoms with E-state index in [4.69, 9.17) is 5.73 Å². The molecule has 1 amide bonds. The summed E-state index contributed by atoms with van der Waals surface area (Å²) in [6.45, 7) is 5.25. The topological polar surface area (TPSA) is 77.1 Å². The van der Waals surface area contributed by atoms with Gasteiger partial charge < -0.3 is 15.6 Å². The Morgan fingerprint density at radius 2 is 1.81 bits per heavy atom. The number of aryl methyl sites for hydroxylation is 1. The van der Waals surface area contributed by atoms with Crippen molar-refractivity contribution in [3.63, 3.8) is 0 Å². The highest BCUT2D eigenvalue weighted by molar-refractivity contribution is 5.96. The Balaban J connectivity index is 2.28. The van der Waals surface area contributed by atoms with E-state index in [1.165, 1.54) is 10.6 Å². The third kappa shape index (κ3) is 3.13. The Hall–Kier alpha value is -2.56. The Labute approximate surface area is 123 Å². The van der Waals surface area contributed by atoms with Gasteiger partial charge in [-0.05, 0) is 56.7 Å². The van der Waals surface area contributed by atoms with Crippen molar-refractivity contribution < 1.29 is 4.79 Å². The number of pyridine rings is 1. The maximum absolute atomic E-state index is 12.5. The lowest BCUT2D eigenvalue weighted by Gasteiger charge is -2.26. The predicted molar refractivity (Wildman–Crippen MR) is 84.2 cm³/mol. The molecular weight excluding hydrogens is 266 g/mol. The third-order valence-electron chi connectivity index (χ3n) is 3.40. The first kappa shape index (κ1) is 14.8. The molecule has 0 radical (unpaired) electrons. The molecule has 0 aliphatic heterocycles. The first-order valence-electron chi connectivity index (χ1n) is 6.67. The summed E-state index contributed by atoms with van der Waals surface area (Å²) in [5.74, 6) is -0.266. The summed E-state index contributed by atoms with van der Waals surface area (Å²) in [5, 5.41) is 2.80. The molecule has 0 atom stereocenters. The largest absolute Gasteiger partial charge is 0.399 e. The highest BCUT2D eigenvalue weighted by Crippen LogP contribution is 2.18. The van der Waals surface area contributed by atoms with Gasteiger partial charge in [0.2, 0.25) is 5.91 Å². The lowest BCUT2D eigenvalue weighted by molar-refractivity contribution is -0.123. The van der Waals surface area contributed by atoms with Gasteiger partial charge in [-0.3, -0.25) is 9.59 Å². The normalized spacial score (nSPS) is 11.2. The number of nitrogens with two attached hydrogens (primary N) is 1. The standard InChI is InChI=1S/C16H19N3O2/c1-11-8-9-19(14(20)10-11)16(2,3)15(21)18-13-6-4-12(17)5-7-13/h4-10H,17H2,1-3H3,(H,18,21). The van der Waals surface area contributed by atoms with Gasteiger partial charge in [-0.15, -0.1) is 0 Å². The van der Waals surface area contributed by atoms with Crippen LogP contribution in [0.1, 0.15) is 19.4 Å². The van der Waals surface area contributed by atoms with Crippen LogP contribution in [-0.2, 0) is 10.3 Å². The molecule has 2 aromatic rings. The van der Waals surface area contributed by atoms with Crippen molar-refractivity contribution in [1.82, 2.24) is 4.57 Å². The zero-order valence-corrected chi connectivity index (χ0v) is 12.4. The van der Waals surface area contributed by atoms with Crippen LogP contribution in [0, 0.1) is 6.92 Å². The smallest absolute Gasteiger partial charge is 0.251 e. The Bertz CT molecular complexity index is 715. The number of nitrogens with one attached hydrogen (secondary N) is 1. The summed E-state index contributed by atoms with van der Waals surface area (Å²) in [6.07, 6.45) is 1.64. The second-order valence-electron chi connectivity index (χ2n) is 5.55. The molecule has 1 heterocycles. The number of rotatable bonds is 3. The second-order valence-corrected chi connectivity index (χ2v) is 5.55. The fraction of sp³-hybridized carbons (Fsp3) is 0.250. The molecule has 1 aromatic carbocycles. The minimum Gasteiger partial charge on any atom is -0.399 e. The zero-order valence-electron chi connectivity index (χ0n) is 12.4. The van der Waals surface area contributed by atoms with E-state index in [9.17, 15) is 9.59 Å². The molecule has 0 aliphatic rings. The van der Waals surface area contributed by atoms with Crippen molar-refractivity contribution >= 4 is 17.3 Å². The summed E-state index contributed by atoms with van der Waals surface area (Å²) < 4.78 is 1.42. The lowest BCUT2D eigenvalue weighted by atomic mass is 10.0. The number of aromatic nitrogens is 1. The summed E-state index contributed by atoms with van der Waals surface area (Å²) in [6, 6.07) is 10.2. The highest BCUT2D eigenvalue weighted by Gasteiger charge is 2.30. The molecule has 0 aliphatic carbocycles. The van der Waals surface area contributed by atoms with Crippen LogP contribution in [0.25, 0.3) is 0 Å². The highest BCUT2D eigenvalue weighted by atomic mass is 16.2. The van der Waals surface area contributed by atoms with Crippen LogP contribution in [0.4, 0.5) is 11.4 Å². The van der Waals surface area contributed by atoms with E-state index in [2.05, 4.69) is 5.32 Å². The van der Waals surface area contributed by atoms with Crippen LogP contribution in [0.2, 0.25) is 0 Å². The number of hydrogen-bond donors (Lipinski definition) is 2. The number of hydrogen-bond acceptors (Lipinski definition) is 3. The van der Waals surface area contributed by atoms with Crippen molar-refractivity contribution in [1.29, 1.82) is 0 Å². The minimum atomic E-state index is -0.994. The van der Waals surface area contributed by atoms with Crippen molar-refractivity contribution in [3.8, 4) is 0 Å². The molecule has 0 spiro atoms. The average Bonchev–Trinajstić information content (AvgIpc) is 2.40. The number of nitrogens with zero attached hydrogens (tertiary/aromatic N) is 1. The number of anilines is 2. The van der Waals surface area contributed by atoms with Gasteiger partial charge in [0.05, 0.1) is 0 Å². The molecule has 1 aromatic heterocycles. The van der Waals surface area contributed by atoms with Gasteiger partial charge >= 0.3 is 0 Å². The SMILES string of the molecule is Cc1ccn(C(C)(C)C(=O)Nc2ccc(N)cc2)c(=O)c1. The van der Waals surface area contributed by atoms with E-state index in [1.807, 2.05) is 6.92 Å². The maximum Gasteiger partial charge on any atom is 0.251 e. The number of carbonyl (C=O) groups excluding carboxylic acids is 1. The van der Waals surface area contributed by atoms with E-state index < -0.39 is 5.54 Å². The van der Waals surface area contributed by atoms with Gasteiger partial charge in [0.25, 0.3) is 5.56 Å². The Morgan fingerprint density at radius 1 is 1.19 bits per heavy atom. The van der Waals surface area contributed by atoms with Crippen molar-refractivity contribution in [2.45, 2.75) is 26.3 Å². The molecule has 2 rings (SSSR count). The zero-order chi connectivity index (χ0) is 15.6. The number of carbonyl (C=O) groups is 1. The Kier molecular flexibility index (Phi) is 3.84. The molecule has 5 nitrogen and oxygen atoms in total. The van der Waals surface area contributed by atoms with Crippen molar-refractivity contribution in [2.75, 3.05) is 11.1 Å². The summed E-state index contributed by atoms with van der Waals surface area (Å²) >= 11 is 0. The van der Waals surface area contributed by atoms with Gasteiger partial charge in [0.1, 0.15) is 5.54 Å². The first-order chi connectivity index (χ1) is 9.80. The lowest BCUT2D eigenvalue weighted by Crippen LogP contribution is -2.45. The van der Waals surface area contributed by atoms with Crippen LogP contribution in [0.5, 0.6) is 0 Å². The van der Waals surface area contributed by atoms with Crippen LogP contribution in [0.3, 0.4) is 0 Å². The fourth-order valence-corrected chi connectivity index (χ4v) is 2.00. The monoisotopic (exact) mass is 285 g/mol. The van der Waals surface area contributed by atoms with E-state index >= 15 is 0 Å². The van der Waals surface area contributed by atoms with Gasteiger partial charge in [0.15, 0.2) is 0 Å². The van der Waals surface area contributed by atoms with Gasteiger partial charge in [0, 0.05) is 23.6 Å². The molecule has 0 saturated heterocycles. The second kappa shape index (κ2) is 5.44. The van der Waals surface area contributed by atoms with Crippen LogP contribution >= 0.6 is 0 Å². The van der Waals surface area contributed by atoms with Gasteiger partial charge in [-0.2, -0.15) is 0 Å². The fourth-order valence-electron chi connectivity index (χ4n) is 2.00. The van der Waals surface area contributed by atoms with Crippen LogP contribution in [-0.4, -0.2) is 10.5 Å². The number of benzene rings is 1. The van der Waals surface area contributed by atoms with Crippen LogP contribution in [0.15, 0.2) is 47.4 Å². The molecule has 5 heteroatoms. The van der Waals surface area contributed by atoms with Gasteiger partial charge in [-0.1, -0.05) is 0 Å². The molecule has 0 unspecified atom stereocenters. The van der Waals surface area contributed by atoms with Crippen molar-refractivity contribution in [2.24, 2.45) is 0 Å². The van der Waals surface area contributed by atoms with E-state index in [1.54, 1.807) is 50.4 Å². The first-order valence-corrected chi connectivity index (χ1v) is 6.67. The van der Waals surface area contributed by atoms with E-state index in [0.29, 0.717) is 11.4 Å². The van der Waals surface area contributed by atoms with E-state index in [-0.39, 0.29) is 11.5 Å². The maximum atomic E-state index is 12.5. The summed E-state index contributed by atoms with van der Waals surface area (Å²) in [5.41, 5.74) is 6.55. The average molecular weight is 285 g/mol. The molecule has 110 valence electrons. The third-order valence-corrected chi connectivity index (χ3v) is 3.40. The number of nitrogen functional groups attached to an aromatic ring is 1. The quantitative estimate of drug-likeness (QED) is 0.848. The molecule has 3 N–H and O–H groups in total. The molecule has 0 fully saturated rings. The molecule has 0 saturated carbocycles. The molecular formula is C16H19N3O2. The minimum absolute atomic E-state index is 0.201. The van der Waals surface area contributed by atoms with Crippen molar-refractivity contribution in [3.05, 3.63) is 58.5 Å².